The quantitative estimate of drug-likeness (QED) is 0.208. The van der Waals surface area contributed by atoms with Crippen LogP contribution in [0.2, 0.25) is 0 Å². The van der Waals surface area contributed by atoms with Crippen LogP contribution < -0.4 is 27.8 Å². The van der Waals surface area contributed by atoms with Gasteiger partial charge in [-0.1, -0.05) is 0 Å². The van der Waals surface area contributed by atoms with Gasteiger partial charge in [0.1, 0.15) is 0 Å². The second kappa shape index (κ2) is 7.90. The molecule has 0 amide bonds. The van der Waals surface area contributed by atoms with Crippen molar-refractivity contribution >= 4 is 0 Å². The van der Waals surface area contributed by atoms with Crippen molar-refractivity contribution in [3.8, 4) is 0 Å². The summed E-state index contributed by atoms with van der Waals surface area (Å²) in [6.45, 7) is 3.70. The molecule has 1 unspecified atom stereocenters. The Morgan fingerprint density at radius 3 is 2.36 bits per heavy atom. The van der Waals surface area contributed by atoms with E-state index in [0.717, 1.165) is 19.6 Å². The topological polar surface area (TPSA) is 102 Å². The smallest absolute Gasteiger partial charge is 0.0673 e. The molecule has 0 saturated heterocycles. The van der Waals surface area contributed by atoms with Crippen LogP contribution in [0.25, 0.3) is 0 Å². The first-order valence-electron chi connectivity index (χ1n) is 3.91. The summed E-state index contributed by atoms with van der Waals surface area (Å²) in [6.07, 6.45) is -0.0883. The molecule has 0 aromatic carbocycles. The number of nitrogens with one attached hydrogen (secondary N) is 2. The average Bonchev–Trinajstić information content (AvgIpc) is 2.04. The van der Waals surface area contributed by atoms with Gasteiger partial charge in [0.05, 0.1) is 6.17 Å². The van der Waals surface area contributed by atoms with Crippen molar-refractivity contribution < 1.29 is 0 Å². The van der Waals surface area contributed by atoms with Gasteiger partial charge in [-0.25, -0.2) is 0 Å². The van der Waals surface area contributed by atoms with E-state index in [0.29, 0.717) is 13.1 Å². The van der Waals surface area contributed by atoms with Crippen LogP contribution in [0.3, 0.4) is 0 Å². The molecule has 5 heteroatoms. The molecular formula is C6H19N5. The third kappa shape index (κ3) is 7.70. The predicted octanol–water partition coefficient (Wildman–Crippen LogP) is -2.63. The molecule has 0 saturated carbocycles. The van der Waals surface area contributed by atoms with E-state index in [1.54, 1.807) is 0 Å². The molecule has 0 aliphatic heterocycles. The van der Waals surface area contributed by atoms with Gasteiger partial charge in [0, 0.05) is 32.7 Å². The molecular weight excluding hydrogens is 142 g/mol. The summed E-state index contributed by atoms with van der Waals surface area (Å²) in [5.41, 5.74) is 16.1. The van der Waals surface area contributed by atoms with Crippen molar-refractivity contribution in [1.82, 2.24) is 10.6 Å². The zero-order valence-corrected chi connectivity index (χ0v) is 6.84. The number of rotatable bonds is 7. The van der Waals surface area contributed by atoms with E-state index in [-0.39, 0.29) is 6.17 Å². The lowest BCUT2D eigenvalue weighted by atomic mass is 10.5. The van der Waals surface area contributed by atoms with Crippen LogP contribution in [-0.2, 0) is 0 Å². The maximum atomic E-state index is 5.50. The van der Waals surface area contributed by atoms with Crippen LogP contribution in [-0.4, -0.2) is 38.9 Å². The molecule has 0 aromatic rings. The highest BCUT2D eigenvalue weighted by Gasteiger charge is 1.94. The van der Waals surface area contributed by atoms with Crippen molar-refractivity contribution in [1.29, 1.82) is 0 Å². The van der Waals surface area contributed by atoms with Crippen LogP contribution in [0.15, 0.2) is 0 Å². The van der Waals surface area contributed by atoms with Crippen molar-refractivity contribution in [2.45, 2.75) is 6.17 Å². The summed E-state index contributed by atoms with van der Waals surface area (Å²) in [6, 6.07) is 0. The minimum atomic E-state index is -0.0883. The van der Waals surface area contributed by atoms with Crippen LogP contribution in [0.4, 0.5) is 0 Å². The molecule has 5 nitrogen and oxygen atoms in total. The molecule has 68 valence electrons. The number of hydrogen-bond acceptors (Lipinski definition) is 5. The molecule has 0 radical (unpaired) electrons. The molecule has 11 heavy (non-hydrogen) atoms. The van der Waals surface area contributed by atoms with E-state index in [1.165, 1.54) is 0 Å². The normalized spacial score (nSPS) is 13.4. The molecule has 0 bridgehead atoms. The maximum Gasteiger partial charge on any atom is 0.0673 e. The van der Waals surface area contributed by atoms with E-state index in [2.05, 4.69) is 10.6 Å². The molecule has 0 aromatic heterocycles. The highest BCUT2D eigenvalue weighted by molar-refractivity contribution is 4.59. The lowest BCUT2D eigenvalue weighted by molar-refractivity contribution is 0.520. The minimum Gasteiger partial charge on any atom is -0.329 e. The van der Waals surface area contributed by atoms with Crippen LogP contribution in [0.5, 0.6) is 0 Å². The van der Waals surface area contributed by atoms with E-state index in [1.807, 2.05) is 0 Å². The summed E-state index contributed by atoms with van der Waals surface area (Å²) in [4.78, 5) is 0. The molecule has 0 fully saturated rings. The molecule has 1 atom stereocenters. The molecule has 0 aliphatic rings. The fourth-order valence-corrected chi connectivity index (χ4v) is 0.656. The van der Waals surface area contributed by atoms with Crippen LogP contribution in [0, 0.1) is 0 Å². The van der Waals surface area contributed by atoms with E-state index in [4.69, 9.17) is 17.2 Å². The van der Waals surface area contributed by atoms with Gasteiger partial charge in [-0.3, -0.25) is 5.32 Å². The zero-order chi connectivity index (χ0) is 8.53. The Morgan fingerprint density at radius 1 is 1.09 bits per heavy atom. The van der Waals surface area contributed by atoms with Crippen LogP contribution in [0.1, 0.15) is 0 Å². The summed E-state index contributed by atoms with van der Waals surface area (Å²) >= 11 is 0. The molecule has 0 heterocycles. The minimum absolute atomic E-state index is 0.0883. The Kier molecular flexibility index (Phi) is 7.76. The highest BCUT2D eigenvalue weighted by Crippen LogP contribution is 1.63. The first kappa shape index (κ1) is 10.8. The van der Waals surface area contributed by atoms with Crippen molar-refractivity contribution in [2.75, 3.05) is 32.7 Å². The highest BCUT2D eigenvalue weighted by atomic mass is 15.1. The van der Waals surface area contributed by atoms with Gasteiger partial charge in [-0.15, -0.1) is 0 Å². The van der Waals surface area contributed by atoms with Gasteiger partial charge in [0.15, 0.2) is 0 Å². The van der Waals surface area contributed by atoms with Crippen molar-refractivity contribution in [3.05, 3.63) is 0 Å². The van der Waals surface area contributed by atoms with Gasteiger partial charge in [0.2, 0.25) is 0 Å². The first-order valence-corrected chi connectivity index (χ1v) is 3.91. The summed E-state index contributed by atoms with van der Waals surface area (Å²) in [5, 5.41) is 6.17. The Hall–Kier alpha value is -0.200. The maximum absolute atomic E-state index is 5.50. The Labute approximate surface area is 67.7 Å². The van der Waals surface area contributed by atoms with Gasteiger partial charge in [0.25, 0.3) is 0 Å². The standard InChI is InChI=1S/C6H19N5/c7-1-2-10-3-4-11-6(9)5-8/h6,10-11H,1-5,7-9H2. The largest absolute Gasteiger partial charge is 0.329 e. The summed E-state index contributed by atoms with van der Waals surface area (Å²) in [5.74, 6) is 0. The fourth-order valence-electron chi connectivity index (χ4n) is 0.656. The van der Waals surface area contributed by atoms with Gasteiger partial charge >= 0.3 is 0 Å². The van der Waals surface area contributed by atoms with Gasteiger partial charge in [-0.2, -0.15) is 0 Å². The predicted molar refractivity (Wildman–Crippen MR) is 47.0 cm³/mol. The monoisotopic (exact) mass is 161 g/mol. The Bertz CT molecular complexity index is 77.4. The fraction of sp³-hybridized carbons (Fsp3) is 1.00. The molecule has 0 spiro atoms. The first-order chi connectivity index (χ1) is 5.31. The van der Waals surface area contributed by atoms with E-state index >= 15 is 0 Å². The third-order valence-electron chi connectivity index (χ3n) is 1.28. The number of hydrogen-bond donors (Lipinski definition) is 5. The zero-order valence-electron chi connectivity index (χ0n) is 6.84. The van der Waals surface area contributed by atoms with Crippen LogP contribution >= 0.6 is 0 Å². The average molecular weight is 161 g/mol. The lowest BCUT2D eigenvalue weighted by Crippen LogP contribution is -2.46. The third-order valence-corrected chi connectivity index (χ3v) is 1.28. The SMILES string of the molecule is NCCNCCNC(N)CN. The van der Waals surface area contributed by atoms with E-state index < -0.39 is 0 Å². The lowest BCUT2D eigenvalue weighted by Gasteiger charge is -2.10. The second-order valence-electron chi connectivity index (χ2n) is 2.33. The summed E-state index contributed by atoms with van der Waals surface area (Å²) in [7, 11) is 0. The van der Waals surface area contributed by atoms with Crippen molar-refractivity contribution in [2.24, 2.45) is 17.2 Å². The second-order valence-corrected chi connectivity index (χ2v) is 2.33. The van der Waals surface area contributed by atoms with Crippen molar-refractivity contribution in [3.63, 3.8) is 0 Å². The Morgan fingerprint density at radius 2 is 1.82 bits per heavy atom. The summed E-state index contributed by atoms with van der Waals surface area (Å²) < 4.78 is 0. The molecule has 0 rings (SSSR count). The molecule has 0 aliphatic carbocycles. The Balaban J connectivity index is 2.89. The number of nitrogens with two attached hydrogens (primary N) is 3. The molecule has 8 N–H and O–H groups in total. The van der Waals surface area contributed by atoms with Gasteiger partial charge in [-0.05, 0) is 0 Å². The van der Waals surface area contributed by atoms with E-state index in [9.17, 15) is 0 Å². The van der Waals surface area contributed by atoms with Gasteiger partial charge < -0.3 is 22.5 Å².